The summed E-state index contributed by atoms with van der Waals surface area (Å²) in [6.07, 6.45) is 7.63. The molecule has 0 unspecified atom stereocenters. The smallest absolute Gasteiger partial charge is 0.185 e. The van der Waals surface area contributed by atoms with Crippen molar-refractivity contribution in [2.45, 2.75) is 13.0 Å². The van der Waals surface area contributed by atoms with Gasteiger partial charge in [-0.1, -0.05) is 12.1 Å². The lowest BCUT2D eigenvalue weighted by atomic mass is 10.2. The van der Waals surface area contributed by atoms with Crippen LogP contribution in [0.5, 0.6) is 0 Å². The SMILES string of the molecule is C1=CC[n+]2ccccc2C1. The average molecular weight is 132 g/mol. The third-order valence-corrected chi connectivity index (χ3v) is 1.83. The van der Waals surface area contributed by atoms with E-state index < -0.39 is 0 Å². The van der Waals surface area contributed by atoms with Gasteiger partial charge in [-0.05, 0) is 6.08 Å². The van der Waals surface area contributed by atoms with Crippen molar-refractivity contribution in [3.05, 3.63) is 42.2 Å². The molecule has 0 aromatic carbocycles. The molecule has 0 saturated carbocycles. The first-order valence-corrected chi connectivity index (χ1v) is 3.59. The van der Waals surface area contributed by atoms with Gasteiger partial charge in [0.2, 0.25) is 0 Å². The van der Waals surface area contributed by atoms with Crippen molar-refractivity contribution < 1.29 is 4.57 Å². The zero-order valence-electron chi connectivity index (χ0n) is 5.83. The summed E-state index contributed by atoms with van der Waals surface area (Å²) < 4.78 is 2.26. The predicted octanol–water partition coefficient (Wildman–Crippen LogP) is 1.09. The van der Waals surface area contributed by atoms with Crippen LogP contribution in [0.1, 0.15) is 5.69 Å². The summed E-state index contributed by atoms with van der Waals surface area (Å²) in [6.45, 7) is 1.04. The van der Waals surface area contributed by atoms with E-state index in [9.17, 15) is 0 Å². The Morgan fingerprint density at radius 1 is 1.20 bits per heavy atom. The third kappa shape index (κ3) is 0.838. The summed E-state index contributed by atoms with van der Waals surface area (Å²) in [5.41, 5.74) is 1.41. The van der Waals surface area contributed by atoms with Gasteiger partial charge < -0.3 is 0 Å². The number of hydrogen-bond donors (Lipinski definition) is 0. The van der Waals surface area contributed by atoms with Gasteiger partial charge >= 0.3 is 0 Å². The van der Waals surface area contributed by atoms with Crippen molar-refractivity contribution in [1.82, 2.24) is 0 Å². The first-order chi connectivity index (χ1) is 4.97. The van der Waals surface area contributed by atoms with Crippen LogP contribution >= 0.6 is 0 Å². The van der Waals surface area contributed by atoms with Crippen LogP contribution < -0.4 is 4.57 Å². The minimum Gasteiger partial charge on any atom is -0.198 e. The first kappa shape index (κ1) is 5.66. The molecular formula is C9H10N+. The molecule has 1 aromatic heterocycles. The van der Waals surface area contributed by atoms with Gasteiger partial charge in [0.05, 0.1) is 6.42 Å². The highest BCUT2D eigenvalue weighted by Gasteiger charge is 2.08. The largest absolute Gasteiger partial charge is 0.198 e. The molecule has 0 aliphatic carbocycles. The van der Waals surface area contributed by atoms with Crippen LogP contribution in [0.4, 0.5) is 0 Å². The monoisotopic (exact) mass is 132 g/mol. The van der Waals surface area contributed by atoms with E-state index in [0.29, 0.717) is 0 Å². The number of rotatable bonds is 0. The van der Waals surface area contributed by atoms with Crippen molar-refractivity contribution in [1.29, 1.82) is 0 Å². The lowest BCUT2D eigenvalue weighted by Crippen LogP contribution is -2.38. The van der Waals surface area contributed by atoms with E-state index in [2.05, 4.69) is 41.1 Å². The van der Waals surface area contributed by atoms with Crippen LogP contribution in [0.25, 0.3) is 0 Å². The van der Waals surface area contributed by atoms with Crippen LogP contribution in [0.3, 0.4) is 0 Å². The number of aromatic nitrogens is 1. The van der Waals surface area contributed by atoms with Crippen LogP contribution in [0, 0.1) is 0 Å². The van der Waals surface area contributed by atoms with Gasteiger partial charge in [-0.25, -0.2) is 0 Å². The highest BCUT2D eigenvalue weighted by Crippen LogP contribution is 1.98. The van der Waals surface area contributed by atoms with Gasteiger partial charge in [0.15, 0.2) is 18.4 Å². The summed E-state index contributed by atoms with van der Waals surface area (Å²) >= 11 is 0. The molecule has 2 heterocycles. The minimum atomic E-state index is 1.04. The second-order valence-corrected chi connectivity index (χ2v) is 2.52. The lowest BCUT2D eigenvalue weighted by Gasteiger charge is -2.02. The van der Waals surface area contributed by atoms with Crippen LogP contribution in [-0.2, 0) is 13.0 Å². The van der Waals surface area contributed by atoms with Crippen molar-refractivity contribution in [2.24, 2.45) is 0 Å². The molecule has 0 radical (unpaired) electrons. The highest BCUT2D eigenvalue weighted by molar-refractivity contribution is 5.04. The molecule has 0 saturated heterocycles. The molecular weight excluding hydrogens is 122 g/mol. The molecule has 0 N–H and O–H groups in total. The number of allylic oxidation sites excluding steroid dienone is 2. The van der Waals surface area contributed by atoms with Crippen LogP contribution in [0.2, 0.25) is 0 Å². The molecule has 1 aliphatic heterocycles. The predicted molar refractivity (Wildman–Crippen MR) is 39.5 cm³/mol. The van der Waals surface area contributed by atoms with Gasteiger partial charge in [-0.2, -0.15) is 4.57 Å². The molecule has 50 valence electrons. The second kappa shape index (κ2) is 2.25. The van der Waals surface area contributed by atoms with Gasteiger partial charge in [0.25, 0.3) is 0 Å². The normalized spacial score (nSPS) is 14.8. The molecule has 1 aromatic rings. The first-order valence-electron chi connectivity index (χ1n) is 3.59. The molecule has 0 spiro atoms. The number of fused-ring (bicyclic) bond motifs is 1. The van der Waals surface area contributed by atoms with Crippen LogP contribution in [0.15, 0.2) is 36.5 Å². The molecule has 1 nitrogen and oxygen atoms in total. The Bertz CT molecular complexity index is 236. The maximum atomic E-state index is 2.26. The Hall–Kier alpha value is -1.11. The van der Waals surface area contributed by atoms with E-state index >= 15 is 0 Å². The average Bonchev–Trinajstić information content (AvgIpc) is 2.05. The van der Waals surface area contributed by atoms with Gasteiger partial charge in [-0.3, -0.25) is 0 Å². The maximum Gasteiger partial charge on any atom is 0.185 e. The van der Waals surface area contributed by atoms with Crippen molar-refractivity contribution in [2.75, 3.05) is 0 Å². The lowest BCUT2D eigenvalue weighted by molar-refractivity contribution is -0.695. The number of nitrogens with zero attached hydrogens (tertiary/aromatic N) is 1. The number of pyridine rings is 1. The molecule has 1 aliphatic rings. The van der Waals surface area contributed by atoms with Crippen molar-refractivity contribution in [3.8, 4) is 0 Å². The topological polar surface area (TPSA) is 3.88 Å². The Kier molecular flexibility index (Phi) is 1.28. The van der Waals surface area contributed by atoms with Crippen molar-refractivity contribution >= 4 is 0 Å². The zero-order valence-corrected chi connectivity index (χ0v) is 5.83. The summed E-state index contributed by atoms with van der Waals surface area (Å²) in [6, 6.07) is 6.33. The fourth-order valence-electron chi connectivity index (χ4n) is 1.27. The van der Waals surface area contributed by atoms with E-state index in [0.717, 1.165) is 13.0 Å². The maximum absolute atomic E-state index is 2.26. The van der Waals surface area contributed by atoms with E-state index in [1.54, 1.807) is 0 Å². The standard InChI is InChI=1S/C9H10N/c1-3-7-10-8-4-2-6-9(10)5-1/h1-5,7H,6,8H2/q+1. The van der Waals surface area contributed by atoms with Gasteiger partial charge in [0, 0.05) is 12.1 Å². The minimum absolute atomic E-state index is 1.04. The van der Waals surface area contributed by atoms with E-state index in [1.807, 2.05) is 0 Å². The van der Waals surface area contributed by atoms with Crippen LogP contribution in [-0.4, -0.2) is 0 Å². The summed E-state index contributed by atoms with van der Waals surface area (Å²) in [5.74, 6) is 0. The van der Waals surface area contributed by atoms with E-state index in [-0.39, 0.29) is 0 Å². The third-order valence-electron chi connectivity index (χ3n) is 1.83. The Labute approximate surface area is 60.6 Å². The molecule has 0 amide bonds. The summed E-state index contributed by atoms with van der Waals surface area (Å²) in [5, 5.41) is 0. The molecule has 10 heavy (non-hydrogen) atoms. The van der Waals surface area contributed by atoms with Gasteiger partial charge in [0.1, 0.15) is 0 Å². The summed E-state index contributed by atoms with van der Waals surface area (Å²) in [7, 11) is 0. The summed E-state index contributed by atoms with van der Waals surface area (Å²) in [4.78, 5) is 0. The van der Waals surface area contributed by atoms with E-state index in [4.69, 9.17) is 0 Å². The fraction of sp³-hybridized carbons (Fsp3) is 0.222. The quantitative estimate of drug-likeness (QED) is 0.367. The molecule has 0 atom stereocenters. The fourth-order valence-corrected chi connectivity index (χ4v) is 1.27. The molecule has 1 heteroatoms. The van der Waals surface area contributed by atoms with Crippen molar-refractivity contribution in [3.63, 3.8) is 0 Å². The number of hydrogen-bond acceptors (Lipinski definition) is 0. The zero-order chi connectivity index (χ0) is 6.81. The second-order valence-electron chi connectivity index (χ2n) is 2.52. The van der Waals surface area contributed by atoms with E-state index in [1.165, 1.54) is 5.69 Å². The Balaban J connectivity index is 2.47. The molecule has 0 fully saturated rings. The Morgan fingerprint density at radius 3 is 3.10 bits per heavy atom. The molecule has 2 rings (SSSR count). The van der Waals surface area contributed by atoms with Gasteiger partial charge in [-0.15, -0.1) is 0 Å². The molecule has 0 bridgehead atoms. The highest BCUT2D eigenvalue weighted by atomic mass is 14.9. The Morgan fingerprint density at radius 2 is 2.20 bits per heavy atom.